The molecular formula is C13H18BNO4. The molecule has 2 rings (SSSR count). The summed E-state index contributed by atoms with van der Waals surface area (Å²) in [4.78, 5) is 0. The maximum atomic E-state index is 10.0. The molecular weight excluding hydrogens is 245 g/mol. The van der Waals surface area contributed by atoms with Crippen LogP contribution in [0.15, 0.2) is 24.4 Å². The highest BCUT2D eigenvalue weighted by Crippen LogP contribution is 2.31. The molecule has 0 aromatic heterocycles. The normalized spacial score (nSPS) is 19.8. The Morgan fingerprint density at radius 1 is 1.58 bits per heavy atom. The van der Waals surface area contributed by atoms with E-state index in [1.807, 2.05) is 13.0 Å². The third-order valence-electron chi connectivity index (χ3n) is 3.04. The maximum Gasteiger partial charge on any atom is 0.496 e. The lowest BCUT2D eigenvalue weighted by Gasteiger charge is -2.14. The Morgan fingerprint density at radius 2 is 2.32 bits per heavy atom. The van der Waals surface area contributed by atoms with Gasteiger partial charge in [-0.2, -0.15) is 0 Å². The van der Waals surface area contributed by atoms with Crippen molar-refractivity contribution in [2.45, 2.75) is 26.1 Å². The first kappa shape index (κ1) is 13.9. The standard InChI is InChI=1S/C13H18BNO4/c1-8-3-4-11(18-7-9(2)16)13-12(8)10(5-6-15)19-14(13)17/h3-6,9-10,16-17H,7,15H2,1-2H3/b6-5+/t9?,10-/m1/s1. The Morgan fingerprint density at radius 3 is 2.95 bits per heavy atom. The molecule has 19 heavy (non-hydrogen) atoms. The quantitative estimate of drug-likeness (QED) is 0.665. The van der Waals surface area contributed by atoms with Crippen LogP contribution in [-0.4, -0.2) is 30.0 Å². The first-order chi connectivity index (χ1) is 9.04. The predicted molar refractivity (Wildman–Crippen MR) is 73.1 cm³/mol. The SMILES string of the molecule is Cc1ccc(OCC(C)O)c2c1[C@@H](/C=C/N)OB2O. The van der Waals surface area contributed by atoms with E-state index in [-0.39, 0.29) is 12.7 Å². The predicted octanol–water partition coefficient (Wildman–Crippen LogP) is -0.0142. The summed E-state index contributed by atoms with van der Waals surface area (Å²) in [6.45, 7) is 3.75. The molecule has 6 heteroatoms. The molecule has 5 nitrogen and oxygen atoms in total. The average Bonchev–Trinajstić information content (AvgIpc) is 2.67. The zero-order valence-electron chi connectivity index (χ0n) is 11.0. The number of fused-ring (bicyclic) bond motifs is 1. The van der Waals surface area contributed by atoms with Gasteiger partial charge in [-0.25, -0.2) is 0 Å². The number of aryl methyl sites for hydroxylation is 1. The summed E-state index contributed by atoms with van der Waals surface area (Å²) in [5, 5.41) is 19.3. The van der Waals surface area contributed by atoms with E-state index in [0.29, 0.717) is 11.2 Å². The fourth-order valence-electron chi connectivity index (χ4n) is 2.21. The third-order valence-corrected chi connectivity index (χ3v) is 3.04. The minimum Gasteiger partial charge on any atom is -0.491 e. The van der Waals surface area contributed by atoms with Gasteiger partial charge in [0.25, 0.3) is 0 Å². The molecule has 0 saturated carbocycles. The van der Waals surface area contributed by atoms with Gasteiger partial charge in [0.15, 0.2) is 0 Å². The van der Waals surface area contributed by atoms with E-state index >= 15 is 0 Å². The van der Waals surface area contributed by atoms with E-state index in [0.717, 1.165) is 11.1 Å². The van der Waals surface area contributed by atoms with Crippen LogP contribution in [0.3, 0.4) is 0 Å². The largest absolute Gasteiger partial charge is 0.496 e. The van der Waals surface area contributed by atoms with Gasteiger partial charge in [0, 0.05) is 5.46 Å². The van der Waals surface area contributed by atoms with Crippen molar-refractivity contribution in [1.82, 2.24) is 0 Å². The molecule has 1 aromatic carbocycles. The lowest BCUT2D eigenvalue weighted by atomic mass is 9.77. The van der Waals surface area contributed by atoms with Gasteiger partial charge in [-0.1, -0.05) is 6.07 Å². The molecule has 0 bridgehead atoms. The molecule has 0 fully saturated rings. The number of hydrogen-bond donors (Lipinski definition) is 3. The zero-order valence-corrected chi connectivity index (χ0v) is 11.0. The number of ether oxygens (including phenoxy) is 1. The van der Waals surface area contributed by atoms with E-state index in [2.05, 4.69) is 0 Å². The molecule has 1 aliphatic heterocycles. The highest BCUT2D eigenvalue weighted by Gasteiger charge is 2.38. The van der Waals surface area contributed by atoms with Crippen LogP contribution in [0.4, 0.5) is 0 Å². The molecule has 1 unspecified atom stereocenters. The summed E-state index contributed by atoms with van der Waals surface area (Å²) < 4.78 is 11.0. The lowest BCUT2D eigenvalue weighted by Crippen LogP contribution is -2.31. The number of aliphatic hydroxyl groups is 1. The van der Waals surface area contributed by atoms with Crippen molar-refractivity contribution in [3.8, 4) is 5.75 Å². The molecule has 0 radical (unpaired) electrons. The van der Waals surface area contributed by atoms with Gasteiger partial charge in [-0.15, -0.1) is 0 Å². The Labute approximate surface area is 112 Å². The summed E-state index contributed by atoms with van der Waals surface area (Å²) in [7, 11) is -1.04. The van der Waals surface area contributed by atoms with Crippen molar-refractivity contribution >= 4 is 12.6 Å². The highest BCUT2D eigenvalue weighted by molar-refractivity contribution is 6.63. The number of nitrogens with two attached hydrogens (primary N) is 1. The van der Waals surface area contributed by atoms with Gasteiger partial charge < -0.3 is 25.3 Å². The van der Waals surface area contributed by atoms with Gasteiger partial charge in [0.1, 0.15) is 12.4 Å². The summed E-state index contributed by atoms with van der Waals surface area (Å²) in [5.74, 6) is 0.530. The van der Waals surface area contributed by atoms with E-state index in [1.54, 1.807) is 19.1 Å². The van der Waals surface area contributed by atoms with Crippen molar-refractivity contribution < 1.29 is 19.5 Å². The number of benzene rings is 1. The molecule has 102 valence electrons. The van der Waals surface area contributed by atoms with Crippen LogP contribution in [0.1, 0.15) is 24.2 Å². The van der Waals surface area contributed by atoms with Crippen molar-refractivity contribution in [3.05, 3.63) is 35.5 Å². The fourth-order valence-corrected chi connectivity index (χ4v) is 2.21. The first-order valence-corrected chi connectivity index (χ1v) is 6.20. The number of aliphatic hydroxyl groups excluding tert-OH is 1. The number of rotatable bonds is 4. The summed E-state index contributed by atoms with van der Waals surface area (Å²) in [6, 6.07) is 3.67. The van der Waals surface area contributed by atoms with Crippen LogP contribution in [0.2, 0.25) is 0 Å². The van der Waals surface area contributed by atoms with E-state index in [1.165, 1.54) is 6.20 Å². The van der Waals surface area contributed by atoms with Crippen LogP contribution in [0, 0.1) is 6.92 Å². The van der Waals surface area contributed by atoms with Crippen molar-refractivity contribution in [2.24, 2.45) is 5.73 Å². The monoisotopic (exact) mass is 263 g/mol. The Balaban J connectivity index is 2.39. The molecule has 1 aromatic rings. The fraction of sp³-hybridized carbons (Fsp3) is 0.385. The van der Waals surface area contributed by atoms with E-state index < -0.39 is 13.2 Å². The second kappa shape index (κ2) is 5.65. The second-order valence-electron chi connectivity index (χ2n) is 4.66. The lowest BCUT2D eigenvalue weighted by molar-refractivity contribution is 0.123. The van der Waals surface area contributed by atoms with Gasteiger partial charge in [0.05, 0.1) is 12.2 Å². The molecule has 4 N–H and O–H groups in total. The van der Waals surface area contributed by atoms with Gasteiger partial charge in [-0.3, -0.25) is 0 Å². The Hall–Kier alpha value is -1.50. The Kier molecular flexibility index (Phi) is 4.14. The van der Waals surface area contributed by atoms with Crippen LogP contribution in [0.5, 0.6) is 5.75 Å². The smallest absolute Gasteiger partial charge is 0.491 e. The van der Waals surface area contributed by atoms with Crippen molar-refractivity contribution in [3.63, 3.8) is 0 Å². The van der Waals surface area contributed by atoms with Gasteiger partial charge >= 0.3 is 7.12 Å². The molecule has 1 aliphatic rings. The second-order valence-corrected chi connectivity index (χ2v) is 4.66. The maximum absolute atomic E-state index is 10.0. The third kappa shape index (κ3) is 2.75. The van der Waals surface area contributed by atoms with Crippen LogP contribution in [-0.2, 0) is 4.65 Å². The van der Waals surface area contributed by atoms with E-state index in [4.69, 9.17) is 15.1 Å². The van der Waals surface area contributed by atoms with Crippen molar-refractivity contribution in [1.29, 1.82) is 0 Å². The highest BCUT2D eigenvalue weighted by atomic mass is 16.5. The topological polar surface area (TPSA) is 84.9 Å². The number of hydrogen-bond acceptors (Lipinski definition) is 5. The van der Waals surface area contributed by atoms with Crippen LogP contribution >= 0.6 is 0 Å². The minimum atomic E-state index is -1.04. The molecule has 0 spiro atoms. The van der Waals surface area contributed by atoms with Crippen LogP contribution < -0.4 is 15.9 Å². The van der Waals surface area contributed by atoms with Crippen molar-refractivity contribution in [2.75, 3.05) is 6.61 Å². The van der Waals surface area contributed by atoms with Gasteiger partial charge in [0.2, 0.25) is 0 Å². The van der Waals surface area contributed by atoms with Gasteiger partial charge in [-0.05, 0) is 43.3 Å². The minimum absolute atomic E-state index is 0.166. The molecule has 0 aliphatic carbocycles. The molecule has 0 amide bonds. The van der Waals surface area contributed by atoms with Crippen LogP contribution in [0.25, 0.3) is 0 Å². The summed E-state index contributed by atoms with van der Waals surface area (Å²) in [6.07, 6.45) is 2.14. The molecule has 0 saturated heterocycles. The Bertz CT molecular complexity index is 490. The van der Waals surface area contributed by atoms with E-state index in [9.17, 15) is 10.1 Å². The first-order valence-electron chi connectivity index (χ1n) is 6.20. The summed E-state index contributed by atoms with van der Waals surface area (Å²) in [5.41, 5.74) is 7.88. The average molecular weight is 263 g/mol. The summed E-state index contributed by atoms with van der Waals surface area (Å²) >= 11 is 0. The molecule has 2 atom stereocenters. The molecule has 1 heterocycles. The zero-order chi connectivity index (χ0) is 14.0.